The predicted molar refractivity (Wildman–Crippen MR) is 67.3 cm³/mol. The molecule has 0 saturated carbocycles. The van der Waals surface area contributed by atoms with Gasteiger partial charge in [0.15, 0.2) is 0 Å². The Labute approximate surface area is 96.6 Å². The summed E-state index contributed by atoms with van der Waals surface area (Å²) in [6.07, 6.45) is 0. The first-order valence-electron chi connectivity index (χ1n) is 4.90. The molecule has 16 heavy (non-hydrogen) atoms. The van der Waals surface area contributed by atoms with E-state index in [2.05, 4.69) is 27.7 Å². The summed E-state index contributed by atoms with van der Waals surface area (Å²) in [5.74, 6) is 0.447. The summed E-state index contributed by atoms with van der Waals surface area (Å²) in [4.78, 5) is 0. The van der Waals surface area contributed by atoms with Crippen molar-refractivity contribution in [1.29, 1.82) is 0 Å². The first-order valence-corrected chi connectivity index (χ1v) is 5.78. The molecule has 2 N–H and O–H groups in total. The van der Waals surface area contributed by atoms with E-state index in [9.17, 15) is 0 Å². The molecule has 0 atom stereocenters. The standard InChI is InChI=1S/C12H9N3S/c13-12-6-5-10(14-15-12)9-7-16-11-4-2-1-3-8(9)11/h1-7H,(H2,13,15). The second kappa shape index (κ2) is 3.57. The van der Waals surface area contributed by atoms with Gasteiger partial charge in [0.05, 0.1) is 5.69 Å². The minimum atomic E-state index is 0.447. The second-order valence-electron chi connectivity index (χ2n) is 3.49. The number of aromatic nitrogens is 2. The van der Waals surface area contributed by atoms with Gasteiger partial charge < -0.3 is 5.73 Å². The third-order valence-electron chi connectivity index (χ3n) is 2.44. The number of thiophene rings is 1. The van der Waals surface area contributed by atoms with Gasteiger partial charge >= 0.3 is 0 Å². The van der Waals surface area contributed by atoms with E-state index < -0.39 is 0 Å². The van der Waals surface area contributed by atoms with Crippen molar-refractivity contribution in [2.75, 3.05) is 5.73 Å². The Hall–Kier alpha value is -1.94. The first-order chi connectivity index (χ1) is 7.84. The smallest absolute Gasteiger partial charge is 0.146 e. The van der Waals surface area contributed by atoms with Crippen LogP contribution in [0.1, 0.15) is 0 Å². The van der Waals surface area contributed by atoms with Gasteiger partial charge in [-0.05, 0) is 18.2 Å². The Bertz CT molecular complexity index is 628. The molecule has 0 aliphatic rings. The van der Waals surface area contributed by atoms with Gasteiger partial charge in [-0.1, -0.05) is 18.2 Å². The molecule has 1 aromatic carbocycles. The SMILES string of the molecule is Nc1ccc(-c2csc3ccccc23)nn1. The summed E-state index contributed by atoms with van der Waals surface area (Å²) in [6.45, 7) is 0. The van der Waals surface area contributed by atoms with Gasteiger partial charge in [0, 0.05) is 21.0 Å². The topological polar surface area (TPSA) is 51.8 Å². The lowest BCUT2D eigenvalue weighted by molar-refractivity contribution is 1.05. The van der Waals surface area contributed by atoms with Crippen molar-refractivity contribution >= 4 is 27.2 Å². The molecular weight excluding hydrogens is 218 g/mol. The fourth-order valence-corrected chi connectivity index (χ4v) is 2.62. The van der Waals surface area contributed by atoms with Crippen LogP contribution >= 0.6 is 11.3 Å². The monoisotopic (exact) mass is 227 g/mol. The zero-order valence-corrected chi connectivity index (χ0v) is 9.24. The van der Waals surface area contributed by atoms with E-state index in [1.54, 1.807) is 17.4 Å². The third-order valence-corrected chi connectivity index (χ3v) is 3.41. The molecule has 78 valence electrons. The quantitative estimate of drug-likeness (QED) is 0.695. The van der Waals surface area contributed by atoms with Crippen molar-refractivity contribution in [3.8, 4) is 11.3 Å². The summed E-state index contributed by atoms with van der Waals surface area (Å²) in [5, 5.41) is 11.3. The molecule has 4 heteroatoms. The van der Waals surface area contributed by atoms with Crippen LogP contribution in [-0.4, -0.2) is 10.2 Å². The van der Waals surface area contributed by atoms with E-state index >= 15 is 0 Å². The minimum absolute atomic E-state index is 0.447. The van der Waals surface area contributed by atoms with E-state index in [1.807, 2.05) is 18.2 Å². The van der Waals surface area contributed by atoms with Crippen molar-refractivity contribution in [2.45, 2.75) is 0 Å². The number of hydrogen-bond donors (Lipinski definition) is 1. The molecule has 3 aromatic rings. The highest BCUT2D eigenvalue weighted by Gasteiger charge is 2.06. The van der Waals surface area contributed by atoms with Crippen LogP contribution in [0.15, 0.2) is 41.8 Å². The van der Waals surface area contributed by atoms with Gasteiger partial charge in [0.2, 0.25) is 0 Å². The van der Waals surface area contributed by atoms with Crippen molar-refractivity contribution in [2.24, 2.45) is 0 Å². The van der Waals surface area contributed by atoms with E-state index in [1.165, 1.54) is 10.1 Å². The molecule has 0 unspecified atom stereocenters. The lowest BCUT2D eigenvalue weighted by Crippen LogP contribution is -1.93. The molecule has 2 aromatic heterocycles. The van der Waals surface area contributed by atoms with Gasteiger partial charge in [-0.15, -0.1) is 21.5 Å². The van der Waals surface area contributed by atoms with Gasteiger partial charge in [0.25, 0.3) is 0 Å². The summed E-state index contributed by atoms with van der Waals surface area (Å²) < 4.78 is 1.26. The molecular formula is C12H9N3S. The highest BCUT2D eigenvalue weighted by molar-refractivity contribution is 7.17. The lowest BCUT2D eigenvalue weighted by atomic mass is 10.1. The van der Waals surface area contributed by atoms with Crippen LogP contribution in [0.25, 0.3) is 21.3 Å². The molecule has 0 amide bonds. The molecule has 2 heterocycles. The molecule has 3 rings (SSSR count). The zero-order valence-electron chi connectivity index (χ0n) is 8.42. The zero-order chi connectivity index (χ0) is 11.0. The van der Waals surface area contributed by atoms with Gasteiger partial charge in [-0.3, -0.25) is 0 Å². The summed E-state index contributed by atoms with van der Waals surface area (Å²) in [7, 11) is 0. The molecule has 0 bridgehead atoms. The average molecular weight is 227 g/mol. The van der Waals surface area contributed by atoms with Crippen LogP contribution in [-0.2, 0) is 0 Å². The maximum absolute atomic E-state index is 5.52. The van der Waals surface area contributed by atoms with Crippen molar-refractivity contribution < 1.29 is 0 Å². The number of benzene rings is 1. The minimum Gasteiger partial charge on any atom is -0.382 e. The number of anilines is 1. The van der Waals surface area contributed by atoms with Gasteiger partial charge in [0.1, 0.15) is 5.82 Å². The summed E-state index contributed by atoms with van der Waals surface area (Å²) >= 11 is 1.71. The van der Waals surface area contributed by atoms with E-state index in [-0.39, 0.29) is 0 Å². The van der Waals surface area contributed by atoms with Crippen LogP contribution in [0.4, 0.5) is 5.82 Å². The first kappa shape index (κ1) is 9.30. The Balaban J connectivity index is 2.22. The summed E-state index contributed by atoms with van der Waals surface area (Å²) in [6, 6.07) is 11.9. The van der Waals surface area contributed by atoms with Crippen LogP contribution in [0.3, 0.4) is 0 Å². The lowest BCUT2D eigenvalue weighted by Gasteiger charge is -1.98. The largest absolute Gasteiger partial charge is 0.382 e. The highest BCUT2D eigenvalue weighted by Crippen LogP contribution is 2.32. The number of hydrogen-bond acceptors (Lipinski definition) is 4. The Morgan fingerprint density at radius 3 is 2.69 bits per heavy atom. The van der Waals surface area contributed by atoms with Crippen LogP contribution in [0.5, 0.6) is 0 Å². The molecule has 0 spiro atoms. The van der Waals surface area contributed by atoms with Crippen LogP contribution in [0.2, 0.25) is 0 Å². The molecule has 0 aliphatic carbocycles. The van der Waals surface area contributed by atoms with Crippen LogP contribution in [0, 0.1) is 0 Å². The molecule has 0 fully saturated rings. The normalized spacial score (nSPS) is 10.8. The maximum atomic E-state index is 5.52. The number of nitrogen functional groups attached to an aromatic ring is 1. The Morgan fingerprint density at radius 1 is 1.00 bits per heavy atom. The molecule has 0 saturated heterocycles. The van der Waals surface area contributed by atoms with E-state index in [0.717, 1.165) is 11.3 Å². The maximum Gasteiger partial charge on any atom is 0.146 e. The van der Waals surface area contributed by atoms with Gasteiger partial charge in [-0.2, -0.15) is 0 Å². The molecule has 3 nitrogen and oxygen atoms in total. The van der Waals surface area contributed by atoms with Gasteiger partial charge in [-0.25, -0.2) is 0 Å². The fraction of sp³-hybridized carbons (Fsp3) is 0. The van der Waals surface area contributed by atoms with Crippen molar-refractivity contribution in [3.63, 3.8) is 0 Å². The number of fused-ring (bicyclic) bond motifs is 1. The Morgan fingerprint density at radius 2 is 1.88 bits per heavy atom. The predicted octanol–water partition coefficient (Wildman–Crippen LogP) is 2.94. The van der Waals surface area contributed by atoms with Crippen LogP contribution < -0.4 is 5.73 Å². The number of nitrogens with zero attached hydrogens (tertiary/aromatic N) is 2. The van der Waals surface area contributed by atoms with Crippen molar-refractivity contribution in [1.82, 2.24) is 10.2 Å². The van der Waals surface area contributed by atoms with Crippen molar-refractivity contribution in [3.05, 3.63) is 41.8 Å². The highest BCUT2D eigenvalue weighted by atomic mass is 32.1. The molecule has 0 aliphatic heterocycles. The fourth-order valence-electron chi connectivity index (χ4n) is 1.66. The van der Waals surface area contributed by atoms with E-state index in [4.69, 9.17) is 5.73 Å². The second-order valence-corrected chi connectivity index (χ2v) is 4.40. The number of nitrogens with two attached hydrogens (primary N) is 1. The summed E-state index contributed by atoms with van der Waals surface area (Å²) in [5.41, 5.74) is 7.51. The van der Waals surface area contributed by atoms with E-state index in [0.29, 0.717) is 5.82 Å². The number of rotatable bonds is 1. The third kappa shape index (κ3) is 1.44. The average Bonchev–Trinajstić information content (AvgIpc) is 2.74. The molecule has 0 radical (unpaired) electrons. The Kier molecular flexibility index (Phi) is 2.08.